The van der Waals surface area contributed by atoms with E-state index in [1.165, 1.54) is 18.2 Å². The first kappa shape index (κ1) is 21.6. The number of carbonyl (C=O) groups is 2. The SMILES string of the molecule is COC(=O)C1=C(CN2CC=C(c3ccccc3)CC2)NC(=O)N[C@H]1c1ccc(OC)cc1. The molecule has 166 valence electrons. The molecule has 0 aliphatic carbocycles. The molecule has 4 rings (SSSR count). The van der Waals surface area contributed by atoms with Crippen LogP contribution in [0.3, 0.4) is 0 Å². The lowest BCUT2D eigenvalue weighted by Crippen LogP contribution is -2.48. The zero-order valence-electron chi connectivity index (χ0n) is 18.3. The number of urea groups is 1. The second-order valence-corrected chi connectivity index (χ2v) is 7.77. The fraction of sp³-hybridized carbons (Fsp3) is 0.280. The van der Waals surface area contributed by atoms with Gasteiger partial charge >= 0.3 is 12.0 Å². The lowest BCUT2D eigenvalue weighted by atomic mass is 9.94. The number of hydrogen-bond donors (Lipinski definition) is 2. The first-order chi connectivity index (χ1) is 15.6. The number of amides is 2. The summed E-state index contributed by atoms with van der Waals surface area (Å²) in [5.74, 6) is 0.234. The van der Waals surface area contributed by atoms with Gasteiger partial charge in [-0.1, -0.05) is 48.5 Å². The molecule has 0 bridgehead atoms. The summed E-state index contributed by atoms with van der Waals surface area (Å²) in [6, 6.07) is 16.7. The highest BCUT2D eigenvalue weighted by Gasteiger charge is 2.34. The van der Waals surface area contributed by atoms with Gasteiger partial charge in [-0.2, -0.15) is 0 Å². The van der Waals surface area contributed by atoms with E-state index >= 15 is 0 Å². The highest BCUT2D eigenvalue weighted by molar-refractivity contribution is 5.95. The Hall–Kier alpha value is -3.58. The van der Waals surface area contributed by atoms with Gasteiger partial charge < -0.3 is 20.1 Å². The molecule has 0 radical (unpaired) electrons. The standard InChI is InChI=1S/C25H27N3O4/c1-31-20-10-8-19(9-11-20)23-22(24(29)32-2)21(26-25(30)27-23)16-28-14-12-18(13-15-28)17-6-4-3-5-7-17/h3-12,23H,13-16H2,1-2H3,(H2,26,27,30)/t23-/m0/s1. The van der Waals surface area contributed by atoms with Gasteiger partial charge in [0.15, 0.2) is 0 Å². The number of carbonyl (C=O) groups excluding carboxylic acids is 2. The lowest BCUT2D eigenvalue weighted by Gasteiger charge is -2.33. The molecule has 0 saturated heterocycles. The predicted molar refractivity (Wildman–Crippen MR) is 122 cm³/mol. The van der Waals surface area contributed by atoms with E-state index < -0.39 is 12.0 Å². The molecule has 0 spiro atoms. The van der Waals surface area contributed by atoms with Crippen molar-refractivity contribution < 1.29 is 19.1 Å². The molecule has 1 atom stereocenters. The second kappa shape index (κ2) is 9.70. The molecular weight excluding hydrogens is 406 g/mol. The van der Waals surface area contributed by atoms with E-state index in [2.05, 4.69) is 33.7 Å². The van der Waals surface area contributed by atoms with Crippen LogP contribution in [0.25, 0.3) is 5.57 Å². The van der Waals surface area contributed by atoms with E-state index in [1.807, 2.05) is 30.3 Å². The average Bonchev–Trinajstić information content (AvgIpc) is 2.84. The number of rotatable bonds is 6. The molecule has 0 fully saturated rings. The van der Waals surface area contributed by atoms with Crippen LogP contribution < -0.4 is 15.4 Å². The molecule has 2 amide bonds. The second-order valence-electron chi connectivity index (χ2n) is 7.77. The summed E-state index contributed by atoms with van der Waals surface area (Å²) in [7, 11) is 2.94. The number of esters is 1. The van der Waals surface area contributed by atoms with Crippen LogP contribution in [0.2, 0.25) is 0 Å². The van der Waals surface area contributed by atoms with Crippen molar-refractivity contribution in [2.24, 2.45) is 0 Å². The van der Waals surface area contributed by atoms with Crippen LogP contribution >= 0.6 is 0 Å². The molecule has 0 saturated carbocycles. The maximum absolute atomic E-state index is 12.7. The fourth-order valence-corrected chi connectivity index (χ4v) is 4.13. The Morgan fingerprint density at radius 2 is 1.84 bits per heavy atom. The van der Waals surface area contributed by atoms with E-state index in [-0.39, 0.29) is 6.03 Å². The van der Waals surface area contributed by atoms with Crippen LogP contribution in [0, 0.1) is 0 Å². The van der Waals surface area contributed by atoms with Gasteiger partial charge in [0.2, 0.25) is 0 Å². The van der Waals surface area contributed by atoms with Crippen molar-refractivity contribution in [3.05, 3.63) is 83.1 Å². The minimum Gasteiger partial charge on any atom is -0.497 e. The van der Waals surface area contributed by atoms with Crippen molar-refractivity contribution in [1.29, 1.82) is 0 Å². The van der Waals surface area contributed by atoms with Crippen molar-refractivity contribution in [3.8, 4) is 5.75 Å². The molecule has 2 aliphatic rings. The van der Waals surface area contributed by atoms with Crippen LogP contribution in [0.5, 0.6) is 5.75 Å². The third-order valence-electron chi connectivity index (χ3n) is 5.83. The highest BCUT2D eigenvalue weighted by Crippen LogP contribution is 2.30. The Kier molecular flexibility index (Phi) is 6.56. The maximum Gasteiger partial charge on any atom is 0.338 e. The van der Waals surface area contributed by atoms with Gasteiger partial charge in [0.1, 0.15) is 5.75 Å². The van der Waals surface area contributed by atoms with E-state index in [4.69, 9.17) is 9.47 Å². The Bertz CT molecular complexity index is 1040. The topological polar surface area (TPSA) is 79.9 Å². The van der Waals surface area contributed by atoms with E-state index in [9.17, 15) is 9.59 Å². The minimum atomic E-state index is -0.600. The number of methoxy groups -OCH3 is 2. The summed E-state index contributed by atoms with van der Waals surface area (Å²) in [5.41, 5.74) is 4.31. The smallest absolute Gasteiger partial charge is 0.338 e. The largest absolute Gasteiger partial charge is 0.497 e. The van der Waals surface area contributed by atoms with Gasteiger partial charge in [-0.05, 0) is 35.3 Å². The van der Waals surface area contributed by atoms with E-state index in [1.54, 1.807) is 19.2 Å². The van der Waals surface area contributed by atoms with Crippen molar-refractivity contribution in [2.45, 2.75) is 12.5 Å². The summed E-state index contributed by atoms with van der Waals surface area (Å²) in [5, 5.41) is 5.69. The van der Waals surface area contributed by atoms with Crippen molar-refractivity contribution in [3.63, 3.8) is 0 Å². The Labute approximate surface area is 187 Å². The molecule has 2 N–H and O–H groups in total. The highest BCUT2D eigenvalue weighted by atomic mass is 16.5. The third-order valence-corrected chi connectivity index (χ3v) is 5.83. The fourth-order valence-electron chi connectivity index (χ4n) is 4.13. The monoisotopic (exact) mass is 433 g/mol. The Balaban J connectivity index is 1.59. The summed E-state index contributed by atoms with van der Waals surface area (Å²) < 4.78 is 10.3. The number of nitrogens with zero attached hydrogens (tertiary/aromatic N) is 1. The molecule has 7 heteroatoms. The van der Waals surface area contributed by atoms with E-state index in [0.29, 0.717) is 23.6 Å². The first-order valence-corrected chi connectivity index (χ1v) is 10.6. The third kappa shape index (κ3) is 4.68. The van der Waals surface area contributed by atoms with Gasteiger partial charge in [0, 0.05) is 25.3 Å². The molecule has 2 aromatic rings. The van der Waals surface area contributed by atoms with Crippen molar-refractivity contribution >= 4 is 17.6 Å². The van der Waals surface area contributed by atoms with Gasteiger partial charge in [-0.3, -0.25) is 4.90 Å². The van der Waals surface area contributed by atoms with Crippen LogP contribution in [0.1, 0.15) is 23.6 Å². The van der Waals surface area contributed by atoms with Gasteiger partial charge in [-0.25, -0.2) is 9.59 Å². The maximum atomic E-state index is 12.7. The molecule has 32 heavy (non-hydrogen) atoms. The zero-order valence-corrected chi connectivity index (χ0v) is 18.3. The number of ether oxygens (including phenoxy) is 2. The van der Waals surface area contributed by atoms with Gasteiger partial charge in [0.25, 0.3) is 0 Å². The first-order valence-electron chi connectivity index (χ1n) is 10.6. The zero-order chi connectivity index (χ0) is 22.5. The quantitative estimate of drug-likeness (QED) is 0.684. The predicted octanol–water partition coefficient (Wildman–Crippen LogP) is 3.27. The number of benzene rings is 2. The summed E-state index contributed by atoms with van der Waals surface area (Å²) in [6.07, 6.45) is 3.11. The molecule has 7 nitrogen and oxygen atoms in total. The average molecular weight is 434 g/mol. The van der Waals surface area contributed by atoms with E-state index in [0.717, 1.165) is 25.1 Å². The lowest BCUT2D eigenvalue weighted by molar-refractivity contribution is -0.136. The summed E-state index contributed by atoms with van der Waals surface area (Å²) >= 11 is 0. The summed E-state index contributed by atoms with van der Waals surface area (Å²) in [4.78, 5) is 27.4. The molecule has 2 aliphatic heterocycles. The Morgan fingerprint density at radius 1 is 1.09 bits per heavy atom. The normalized spacial score (nSPS) is 19.0. The van der Waals surface area contributed by atoms with Crippen molar-refractivity contribution in [2.75, 3.05) is 33.9 Å². The van der Waals surface area contributed by atoms with Crippen LogP contribution in [0.4, 0.5) is 4.79 Å². The molecule has 0 unspecified atom stereocenters. The van der Waals surface area contributed by atoms with Gasteiger partial charge in [-0.15, -0.1) is 0 Å². The Morgan fingerprint density at radius 3 is 2.47 bits per heavy atom. The van der Waals surface area contributed by atoms with Gasteiger partial charge in [0.05, 0.1) is 25.8 Å². The molecular formula is C25H27N3O4. The molecule has 0 aromatic heterocycles. The molecule has 2 aromatic carbocycles. The van der Waals surface area contributed by atoms with Crippen LogP contribution in [-0.4, -0.2) is 50.8 Å². The summed E-state index contributed by atoms with van der Waals surface area (Å²) in [6.45, 7) is 2.01. The van der Waals surface area contributed by atoms with Crippen molar-refractivity contribution in [1.82, 2.24) is 15.5 Å². The van der Waals surface area contributed by atoms with Crippen LogP contribution in [0.15, 0.2) is 71.9 Å². The van der Waals surface area contributed by atoms with Crippen LogP contribution in [-0.2, 0) is 9.53 Å². The molecule has 2 heterocycles. The number of hydrogen-bond acceptors (Lipinski definition) is 5. The number of nitrogens with one attached hydrogen (secondary N) is 2. The minimum absolute atomic E-state index is 0.342.